The summed E-state index contributed by atoms with van der Waals surface area (Å²) in [5.74, 6) is 2.14. The average Bonchev–Trinajstić information content (AvgIpc) is 3.41. The Hall–Kier alpha value is -3.59. The van der Waals surface area contributed by atoms with Gasteiger partial charge in [-0.1, -0.05) is 5.16 Å². The monoisotopic (exact) mass is 435 g/mol. The number of nitrogens with one attached hydrogen (secondary N) is 1. The quantitative estimate of drug-likeness (QED) is 0.515. The van der Waals surface area contributed by atoms with Crippen molar-refractivity contribution >= 4 is 5.65 Å². The van der Waals surface area contributed by atoms with E-state index < -0.39 is 0 Å². The van der Waals surface area contributed by atoms with E-state index in [2.05, 4.69) is 22.1 Å². The van der Waals surface area contributed by atoms with E-state index in [1.807, 2.05) is 31.2 Å². The van der Waals surface area contributed by atoms with Crippen molar-refractivity contribution in [3.05, 3.63) is 62.8 Å². The van der Waals surface area contributed by atoms with Gasteiger partial charge in [-0.05, 0) is 43.5 Å². The zero-order valence-electron chi connectivity index (χ0n) is 18.6. The predicted octanol–water partition coefficient (Wildman–Crippen LogP) is 2.87. The number of hydrogen-bond donors (Lipinski definition) is 1. The molecule has 166 valence electrons. The van der Waals surface area contributed by atoms with Crippen LogP contribution in [-0.4, -0.2) is 45.4 Å². The number of ether oxygens (including phenoxy) is 2. The molecule has 0 spiro atoms. The van der Waals surface area contributed by atoms with Crippen LogP contribution in [0.5, 0.6) is 11.5 Å². The molecule has 1 N–H and O–H groups in total. The third-order valence-electron chi connectivity index (χ3n) is 5.99. The third-order valence-corrected chi connectivity index (χ3v) is 5.99. The van der Waals surface area contributed by atoms with Crippen LogP contribution in [0.4, 0.5) is 0 Å². The summed E-state index contributed by atoms with van der Waals surface area (Å²) in [6.45, 7) is 6.02. The summed E-state index contributed by atoms with van der Waals surface area (Å²) < 4.78 is 17.5. The highest BCUT2D eigenvalue weighted by Gasteiger charge is 2.24. The Kier molecular flexibility index (Phi) is 4.97. The SMILES string of the molecule is COc1cc(C)c(CN2CCc3c(nc4cc(-c5cc(C)on5)[nH]n4c3=O)C2)cc1OC. The molecule has 0 bridgehead atoms. The average molecular weight is 435 g/mol. The number of rotatable bonds is 5. The molecule has 0 aliphatic carbocycles. The van der Waals surface area contributed by atoms with Crippen LogP contribution in [0.25, 0.3) is 17.0 Å². The molecule has 0 unspecified atom stereocenters. The standard InChI is InChI=1S/C23H25N5O4/c1-13-7-20(30-3)21(31-4)9-15(13)11-27-6-5-16-19(12-27)24-22-10-17(25-28(22)23(16)29)18-8-14(2)32-26-18/h7-10,25H,5-6,11-12H2,1-4H3. The van der Waals surface area contributed by atoms with E-state index in [9.17, 15) is 4.79 Å². The van der Waals surface area contributed by atoms with Crippen molar-refractivity contribution in [1.82, 2.24) is 24.7 Å². The Morgan fingerprint density at radius 1 is 1.12 bits per heavy atom. The Bertz CT molecular complexity index is 1370. The second-order valence-electron chi connectivity index (χ2n) is 8.12. The first kappa shape index (κ1) is 20.3. The molecule has 0 saturated heterocycles. The van der Waals surface area contributed by atoms with Gasteiger partial charge in [0.1, 0.15) is 11.5 Å². The van der Waals surface area contributed by atoms with Crippen molar-refractivity contribution < 1.29 is 14.0 Å². The van der Waals surface area contributed by atoms with Crippen LogP contribution in [0.3, 0.4) is 0 Å². The summed E-state index contributed by atoms with van der Waals surface area (Å²) in [6.07, 6.45) is 0.647. The van der Waals surface area contributed by atoms with Gasteiger partial charge in [0.25, 0.3) is 5.56 Å². The lowest BCUT2D eigenvalue weighted by atomic mass is 10.0. The minimum atomic E-state index is -0.0570. The smallest absolute Gasteiger partial charge is 0.276 e. The van der Waals surface area contributed by atoms with Gasteiger partial charge in [-0.25, -0.2) is 9.50 Å². The van der Waals surface area contributed by atoms with Gasteiger partial charge < -0.3 is 14.0 Å². The molecule has 0 saturated carbocycles. The molecule has 9 heteroatoms. The van der Waals surface area contributed by atoms with E-state index in [1.165, 1.54) is 4.52 Å². The minimum absolute atomic E-state index is 0.0570. The van der Waals surface area contributed by atoms with E-state index in [4.69, 9.17) is 19.0 Å². The second-order valence-corrected chi connectivity index (χ2v) is 8.12. The number of methoxy groups -OCH3 is 2. The molecule has 4 heterocycles. The van der Waals surface area contributed by atoms with Crippen LogP contribution in [0.15, 0.2) is 33.6 Å². The molecule has 0 radical (unpaired) electrons. The van der Waals surface area contributed by atoms with Gasteiger partial charge in [0.15, 0.2) is 17.1 Å². The minimum Gasteiger partial charge on any atom is -0.493 e. The number of fused-ring (bicyclic) bond motifs is 2. The topological polar surface area (TPSA) is 97.9 Å². The molecule has 9 nitrogen and oxygen atoms in total. The normalized spacial score (nSPS) is 14.0. The molecular formula is C23H25N5O4. The van der Waals surface area contributed by atoms with Gasteiger partial charge in [-0.2, -0.15) is 0 Å². The third kappa shape index (κ3) is 3.44. The van der Waals surface area contributed by atoms with Gasteiger partial charge in [-0.3, -0.25) is 14.8 Å². The molecule has 3 aromatic heterocycles. The van der Waals surface area contributed by atoms with Crippen LogP contribution in [0.2, 0.25) is 0 Å². The van der Waals surface area contributed by atoms with E-state index >= 15 is 0 Å². The number of nitrogens with zero attached hydrogens (tertiary/aromatic N) is 4. The van der Waals surface area contributed by atoms with Gasteiger partial charge in [0.05, 0.1) is 25.6 Å². The van der Waals surface area contributed by atoms with Crippen molar-refractivity contribution in [3.63, 3.8) is 0 Å². The van der Waals surface area contributed by atoms with E-state index in [-0.39, 0.29) is 5.56 Å². The fraction of sp³-hybridized carbons (Fsp3) is 0.348. The van der Waals surface area contributed by atoms with E-state index in [1.54, 1.807) is 14.2 Å². The molecule has 32 heavy (non-hydrogen) atoms. The van der Waals surface area contributed by atoms with Crippen LogP contribution < -0.4 is 15.0 Å². The van der Waals surface area contributed by atoms with Gasteiger partial charge in [-0.15, -0.1) is 0 Å². The van der Waals surface area contributed by atoms with Crippen LogP contribution in [0, 0.1) is 13.8 Å². The van der Waals surface area contributed by atoms with Gasteiger partial charge in [0.2, 0.25) is 0 Å². The Balaban J connectivity index is 1.44. The molecule has 1 aliphatic rings. The molecule has 4 aromatic rings. The van der Waals surface area contributed by atoms with Crippen molar-refractivity contribution in [2.75, 3.05) is 20.8 Å². The zero-order valence-corrected chi connectivity index (χ0v) is 18.6. The Morgan fingerprint density at radius 2 is 1.91 bits per heavy atom. The second kappa shape index (κ2) is 7.83. The van der Waals surface area contributed by atoms with Crippen LogP contribution in [-0.2, 0) is 19.5 Å². The first-order valence-electron chi connectivity index (χ1n) is 10.5. The first-order valence-corrected chi connectivity index (χ1v) is 10.5. The molecule has 0 atom stereocenters. The summed E-state index contributed by atoms with van der Waals surface area (Å²) in [6, 6.07) is 7.67. The molecule has 1 aromatic carbocycles. The first-order chi connectivity index (χ1) is 15.5. The fourth-order valence-corrected chi connectivity index (χ4v) is 4.24. The maximum atomic E-state index is 13.1. The molecule has 0 fully saturated rings. The zero-order chi connectivity index (χ0) is 22.4. The lowest BCUT2D eigenvalue weighted by Gasteiger charge is -2.28. The number of aromatic amines is 1. The summed E-state index contributed by atoms with van der Waals surface area (Å²) in [5.41, 5.74) is 5.74. The van der Waals surface area contributed by atoms with E-state index in [0.717, 1.165) is 41.2 Å². The van der Waals surface area contributed by atoms with Crippen molar-refractivity contribution in [2.45, 2.75) is 33.4 Å². The summed E-state index contributed by atoms with van der Waals surface area (Å²) in [4.78, 5) is 20.2. The summed E-state index contributed by atoms with van der Waals surface area (Å²) >= 11 is 0. The molecule has 5 rings (SSSR count). The number of aryl methyl sites for hydroxylation is 2. The Labute approximate surface area is 184 Å². The highest BCUT2D eigenvalue weighted by molar-refractivity contribution is 5.60. The van der Waals surface area contributed by atoms with Crippen molar-refractivity contribution in [3.8, 4) is 22.9 Å². The lowest BCUT2D eigenvalue weighted by molar-refractivity contribution is 0.239. The maximum Gasteiger partial charge on any atom is 0.276 e. The highest BCUT2D eigenvalue weighted by atomic mass is 16.5. The molecule has 1 aliphatic heterocycles. The van der Waals surface area contributed by atoms with Crippen LogP contribution >= 0.6 is 0 Å². The number of aromatic nitrogens is 4. The van der Waals surface area contributed by atoms with Crippen LogP contribution in [0.1, 0.15) is 28.1 Å². The Morgan fingerprint density at radius 3 is 2.62 bits per heavy atom. The molecular weight excluding hydrogens is 410 g/mol. The van der Waals surface area contributed by atoms with Crippen molar-refractivity contribution in [2.24, 2.45) is 0 Å². The fourth-order valence-electron chi connectivity index (χ4n) is 4.24. The van der Waals surface area contributed by atoms with Crippen molar-refractivity contribution in [1.29, 1.82) is 0 Å². The maximum absolute atomic E-state index is 13.1. The predicted molar refractivity (Wildman–Crippen MR) is 118 cm³/mol. The number of H-pyrrole nitrogens is 1. The summed E-state index contributed by atoms with van der Waals surface area (Å²) in [7, 11) is 3.28. The summed E-state index contributed by atoms with van der Waals surface area (Å²) in [5, 5.41) is 7.13. The largest absolute Gasteiger partial charge is 0.493 e. The lowest BCUT2D eigenvalue weighted by Crippen LogP contribution is -2.36. The highest BCUT2D eigenvalue weighted by Crippen LogP contribution is 2.31. The number of benzene rings is 1. The van der Waals surface area contributed by atoms with Gasteiger partial charge in [0, 0.05) is 37.3 Å². The molecule has 0 amide bonds. The number of hydrogen-bond acceptors (Lipinski definition) is 7. The van der Waals surface area contributed by atoms with E-state index in [0.29, 0.717) is 41.5 Å². The van der Waals surface area contributed by atoms with Gasteiger partial charge >= 0.3 is 0 Å².